The second-order valence-corrected chi connectivity index (χ2v) is 6.59. The first-order chi connectivity index (χ1) is 13.7. The summed E-state index contributed by atoms with van der Waals surface area (Å²) in [7, 11) is 0. The lowest BCUT2D eigenvalue weighted by Crippen LogP contribution is -2.27. The van der Waals surface area contributed by atoms with Crippen LogP contribution in [0.3, 0.4) is 0 Å². The summed E-state index contributed by atoms with van der Waals surface area (Å²) < 4.78 is 0. The Bertz CT molecular complexity index is 1050. The molecule has 2 N–H and O–H groups in total. The van der Waals surface area contributed by atoms with Crippen molar-refractivity contribution in [2.45, 2.75) is 13.1 Å². The number of benzene rings is 3. The highest BCUT2D eigenvalue weighted by Crippen LogP contribution is 2.32. The highest BCUT2D eigenvalue weighted by Gasteiger charge is 2.32. The minimum Gasteiger partial charge on any atom is -0.506 e. The average Bonchev–Trinajstić information content (AvgIpc) is 3.04. The van der Waals surface area contributed by atoms with E-state index < -0.39 is 0 Å². The molecule has 1 amide bonds. The van der Waals surface area contributed by atoms with Gasteiger partial charge < -0.3 is 10.4 Å². The standard InChI is InChI=1S/C24H20N2O2/c27-23-20-14-8-7-13-19(20)22(25-15-17-9-3-1-4-10-17)21(23)24(28)26-16-18-11-5-2-6-12-18/h1-14,27H,15-16H2,(H,26,28). The fourth-order valence-corrected chi connectivity index (χ4v) is 3.28. The molecule has 28 heavy (non-hydrogen) atoms. The molecule has 0 radical (unpaired) electrons. The van der Waals surface area contributed by atoms with Gasteiger partial charge in [0.15, 0.2) is 0 Å². The number of nitrogens with one attached hydrogen (secondary N) is 1. The van der Waals surface area contributed by atoms with Gasteiger partial charge in [-0.2, -0.15) is 0 Å². The lowest BCUT2D eigenvalue weighted by Gasteiger charge is -2.09. The lowest BCUT2D eigenvalue weighted by molar-refractivity contribution is -0.117. The molecule has 0 aromatic heterocycles. The Morgan fingerprint density at radius 1 is 0.786 bits per heavy atom. The summed E-state index contributed by atoms with van der Waals surface area (Å²) in [5.74, 6) is -0.350. The van der Waals surface area contributed by atoms with E-state index in [-0.39, 0.29) is 17.2 Å². The molecule has 3 aromatic carbocycles. The summed E-state index contributed by atoms with van der Waals surface area (Å²) in [4.78, 5) is 17.6. The van der Waals surface area contributed by atoms with Crippen molar-refractivity contribution >= 4 is 17.4 Å². The number of fused-ring (bicyclic) bond motifs is 1. The van der Waals surface area contributed by atoms with Crippen LogP contribution < -0.4 is 5.32 Å². The van der Waals surface area contributed by atoms with E-state index in [1.54, 1.807) is 6.07 Å². The predicted octanol–water partition coefficient (Wildman–Crippen LogP) is 4.28. The minimum absolute atomic E-state index is 0.0204. The van der Waals surface area contributed by atoms with Crippen LogP contribution in [0.4, 0.5) is 0 Å². The smallest absolute Gasteiger partial charge is 0.257 e. The zero-order valence-corrected chi connectivity index (χ0v) is 15.3. The van der Waals surface area contributed by atoms with Gasteiger partial charge in [0, 0.05) is 17.7 Å². The van der Waals surface area contributed by atoms with Crippen molar-refractivity contribution in [3.8, 4) is 0 Å². The first-order valence-electron chi connectivity index (χ1n) is 9.18. The molecule has 0 saturated heterocycles. The maximum Gasteiger partial charge on any atom is 0.257 e. The number of rotatable bonds is 5. The summed E-state index contributed by atoms with van der Waals surface area (Å²) in [5, 5.41) is 13.6. The zero-order valence-electron chi connectivity index (χ0n) is 15.3. The van der Waals surface area contributed by atoms with Crippen LogP contribution in [0.25, 0.3) is 5.76 Å². The Labute approximate surface area is 163 Å². The number of carbonyl (C=O) groups excluding carboxylic acids is 1. The third-order valence-corrected chi connectivity index (χ3v) is 4.70. The minimum atomic E-state index is -0.329. The van der Waals surface area contributed by atoms with Crippen molar-refractivity contribution in [2.75, 3.05) is 0 Å². The average molecular weight is 368 g/mol. The highest BCUT2D eigenvalue weighted by molar-refractivity contribution is 6.35. The molecule has 0 heterocycles. The quantitative estimate of drug-likeness (QED) is 0.706. The number of aliphatic hydroxyl groups is 1. The second-order valence-electron chi connectivity index (χ2n) is 6.59. The Morgan fingerprint density at radius 3 is 2.04 bits per heavy atom. The van der Waals surface area contributed by atoms with Gasteiger partial charge in [-0.1, -0.05) is 84.9 Å². The maximum atomic E-state index is 12.9. The number of nitrogens with zero attached hydrogens (tertiary/aromatic N) is 1. The molecule has 0 spiro atoms. The molecule has 138 valence electrons. The fraction of sp³-hybridized carbons (Fsp3) is 0.0833. The van der Waals surface area contributed by atoms with E-state index in [0.29, 0.717) is 24.4 Å². The first-order valence-corrected chi connectivity index (χ1v) is 9.18. The van der Waals surface area contributed by atoms with E-state index in [1.165, 1.54) is 0 Å². The van der Waals surface area contributed by atoms with Crippen LogP contribution in [-0.4, -0.2) is 16.7 Å². The van der Waals surface area contributed by atoms with E-state index in [4.69, 9.17) is 0 Å². The molecule has 4 heteroatoms. The zero-order chi connectivity index (χ0) is 19.3. The number of hydrogen-bond acceptors (Lipinski definition) is 3. The SMILES string of the molecule is O=C(NCc1ccccc1)C1=C(O)c2ccccc2C1=NCc1ccccc1. The second kappa shape index (κ2) is 7.92. The van der Waals surface area contributed by atoms with Crippen LogP contribution in [0.5, 0.6) is 0 Å². The van der Waals surface area contributed by atoms with Gasteiger partial charge in [0.25, 0.3) is 5.91 Å². The summed E-state index contributed by atoms with van der Waals surface area (Å²) in [6.45, 7) is 0.825. The largest absolute Gasteiger partial charge is 0.506 e. The van der Waals surface area contributed by atoms with Gasteiger partial charge in [0.05, 0.1) is 12.3 Å². The van der Waals surface area contributed by atoms with E-state index in [9.17, 15) is 9.90 Å². The number of hydrogen-bond donors (Lipinski definition) is 2. The molecular formula is C24H20N2O2. The van der Waals surface area contributed by atoms with E-state index in [1.807, 2.05) is 78.9 Å². The maximum absolute atomic E-state index is 12.9. The van der Waals surface area contributed by atoms with Gasteiger partial charge in [0.1, 0.15) is 11.3 Å². The van der Waals surface area contributed by atoms with Gasteiger partial charge in [-0.3, -0.25) is 9.79 Å². The first kappa shape index (κ1) is 17.7. The molecule has 3 aromatic rings. The lowest BCUT2D eigenvalue weighted by atomic mass is 10.1. The molecule has 1 aliphatic carbocycles. The molecule has 0 unspecified atom stereocenters. The summed E-state index contributed by atoms with van der Waals surface area (Å²) in [6.07, 6.45) is 0. The Hall–Kier alpha value is -3.66. The molecule has 1 aliphatic rings. The normalized spacial score (nSPS) is 14.2. The van der Waals surface area contributed by atoms with E-state index >= 15 is 0 Å². The Kier molecular flexibility index (Phi) is 5.02. The molecule has 0 bridgehead atoms. The van der Waals surface area contributed by atoms with Crippen LogP contribution in [0, 0.1) is 0 Å². The number of amides is 1. The molecular weight excluding hydrogens is 348 g/mol. The third-order valence-electron chi connectivity index (χ3n) is 4.70. The molecule has 0 atom stereocenters. The van der Waals surface area contributed by atoms with E-state index in [0.717, 1.165) is 16.7 Å². The van der Waals surface area contributed by atoms with Crippen LogP contribution in [0.2, 0.25) is 0 Å². The van der Waals surface area contributed by atoms with Crippen molar-refractivity contribution in [3.63, 3.8) is 0 Å². The Morgan fingerprint density at radius 2 is 1.36 bits per heavy atom. The summed E-state index contributed by atoms with van der Waals surface area (Å²) in [6, 6.07) is 26.9. The molecule has 4 rings (SSSR count). The van der Waals surface area contributed by atoms with Crippen molar-refractivity contribution < 1.29 is 9.90 Å². The monoisotopic (exact) mass is 368 g/mol. The van der Waals surface area contributed by atoms with Crippen LogP contribution in [0.1, 0.15) is 22.3 Å². The molecule has 0 fully saturated rings. The van der Waals surface area contributed by atoms with Crippen molar-refractivity contribution in [3.05, 3.63) is 113 Å². The van der Waals surface area contributed by atoms with Crippen LogP contribution in [-0.2, 0) is 17.9 Å². The van der Waals surface area contributed by atoms with Gasteiger partial charge in [-0.05, 0) is 11.1 Å². The Balaban J connectivity index is 1.63. The van der Waals surface area contributed by atoms with Crippen LogP contribution in [0.15, 0.2) is 95.5 Å². The predicted molar refractivity (Wildman–Crippen MR) is 111 cm³/mol. The number of aliphatic hydroxyl groups excluding tert-OH is 1. The topological polar surface area (TPSA) is 61.7 Å². The van der Waals surface area contributed by atoms with E-state index in [2.05, 4.69) is 10.3 Å². The van der Waals surface area contributed by atoms with Crippen LogP contribution >= 0.6 is 0 Å². The fourth-order valence-electron chi connectivity index (χ4n) is 3.28. The highest BCUT2D eigenvalue weighted by atomic mass is 16.3. The summed E-state index contributed by atoms with van der Waals surface area (Å²) in [5.41, 5.74) is 4.22. The van der Waals surface area contributed by atoms with Gasteiger partial charge in [-0.25, -0.2) is 0 Å². The van der Waals surface area contributed by atoms with Crippen molar-refractivity contribution in [1.29, 1.82) is 0 Å². The van der Waals surface area contributed by atoms with Gasteiger partial charge >= 0.3 is 0 Å². The van der Waals surface area contributed by atoms with Gasteiger partial charge in [0.2, 0.25) is 0 Å². The molecule has 0 saturated carbocycles. The van der Waals surface area contributed by atoms with Gasteiger partial charge in [-0.15, -0.1) is 0 Å². The number of aliphatic imine (C=N–C) groups is 1. The molecule has 4 nitrogen and oxygen atoms in total. The van der Waals surface area contributed by atoms with Crippen molar-refractivity contribution in [2.24, 2.45) is 4.99 Å². The number of carbonyl (C=O) groups is 1. The molecule has 0 aliphatic heterocycles. The summed E-state index contributed by atoms with van der Waals surface area (Å²) >= 11 is 0. The third kappa shape index (κ3) is 3.58. The van der Waals surface area contributed by atoms with Crippen molar-refractivity contribution in [1.82, 2.24) is 5.32 Å².